The van der Waals surface area contributed by atoms with Crippen LogP contribution in [-0.4, -0.2) is 44.7 Å². The Morgan fingerprint density at radius 3 is 2.56 bits per heavy atom. The van der Waals surface area contributed by atoms with Crippen LogP contribution in [-0.2, 0) is 14.8 Å². The van der Waals surface area contributed by atoms with Gasteiger partial charge >= 0.3 is 0 Å². The summed E-state index contributed by atoms with van der Waals surface area (Å²) < 4.78 is 37.7. The van der Waals surface area contributed by atoms with E-state index in [-0.39, 0.29) is 15.1 Å². The van der Waals surface area contributed by atoms with Gasteiger partial charge in [0.1, 0.15) is 12.4 Å². The highest BCUT2D eigenvalue weighted by Gasteiger charge is 2.16. The van der Waals surface area contributed by atoms with E-state index in [4.69, 9.17) is 21.7 Å². The standard InChI is InChI=1S/C20H20N4O5S3/c1-28-11-12-29-17-5-3-2-4-16(17)18(25)23-19(30)22-14-6-8-15(9-7-14)32(26,27)24-20-21-10-13-31-20/h2-10,13H,11-12H2,1H3,(H,21,24)(H2,22,23,25,30). The monoisotopic (exact) mass is 492 g/mol. The van der Waals surface area contributed by atoms with Crippen LogP contribution < -0.4 is 20.1 Å². The first-order valence-corrected chi connectivity index (χ1v) is 12.0. The zero-order valence-corrected chi connectivity index (χ0v) is 19.4. The van der Waals surface area contributed by atoms with E-state index in [0.29, 0.717) is 30.2 Å². The van der Waals surface area contributed by atoms with Gasteiger partial charge in [-0.2, -0.15) is 0 Å². The lowest BCUT2D eigenvalue weighted by atomic mass is 10.2. The largest absolute Gasteiger partial charge is 0.490 e. The number of para-hydroxylation sites is 1. The van der Waals surface area contributed by atoms with Gasteiger partial charge in [0.2, 0.25) is 0 Å². The number of thiocarbonyl (C=S) groups is 1. The molecule has 0 fully saturated rings. The zero-order valence-electron chi connectivity index (χ0n) is 16.9. The van der Waals surface area contributed by atoms with Gasteiger partial charge in [-0.3, -0.25) is 14.8 Å². The molecule has 2 aromatic carbocycles. The molecule has 0 aliphatic carbocycles. The minimum absolute atomic E-state index is 0.0539. The number of hydrogen-bond acceptors (Lipinski definition) is 8. The number of rotatable bonds is 9. The van der Waals surface area contributed by atoms with Crippen molar-refractivity contribution in [1.29, 1.82) is 0 Å². The molecule has 0 aliphatic heterocycles. The number of aromatic nitrogens is 1. The fourth-order valence-corrected chi connectivity index (χ4v) is 4.51. The Balaban J connectivity index is 1.60. The number of ether oxygens (including phenoxy) is 2. The van der Waals surface area contributed by atoms with Crippen molar-refractivity contribution in [2.24, 2.45) is 0 Å². The topological polar surface area (TPSA) is 119 Å². The summed E-state index contributed by atoms with van der Waals surface area (Å²) in [5, 5.41) is 7.44. The number of amides is 1. The Morgan fingerprint density at radius 2 is 1.88 bits per heavy atom. The van der Waals surface area contributed by atoms with Crippen molar-refractivity contribution in [3.63, 3.8) is 0 Å². The van der Waals surface area contributed by atoms with Gasteiger partial charge in [-0.15, -0.1) is 11.3 Å². The summed E-state index contributed by atoms with van der Waals surface area (Å²) in [6.07, 6.45) is 1.51. The quantitative estimate of drug-likeness (QED) is 0.308. The van der Waals surface area contributed by atoms with Crippen LogP contribution in [0.15, 0.2) is 65.0 Å². The molecule has 1 aromatic heterocycles. The first-order valence-electron chi connectivity index (χ1n) is 9.24. The van der Waals surface area contributed by atoms with Crippen LogP contribution in [0.5, 0.6) is 5.75 Å². The Kier molecular flexibility index (Phi) is 8.11. The number of nitrogens with zero attached hydrogens (tertiary/aromatic N) is 1. The minimum atomic E-state index is -3.75. The van der Waals surface area contributed by atoms with Crippen LogP contribution in [0.2, 0.25) is 0 Å². The van der Waals surface area contributed by atoms with Crippen LogP contribution in [0.3, 0.4) is 0 Å². The van der Waals surface area contributed by atoms with E-state index >= 15 is 0 Å². The van der Waals surface area contributed by atoms with Crippen molar-refractivity contribution in [2.75, 3.05) is 30.4 Å². The second kappa shape index (κ2) is 11.0. The third-order valence-corrected chi connectivity index (χ3v) is 6.36. The van der Waals surface area contributed by atoms with Crippen molar-refractivity contribution >= 4 is 55.4 Å². The number of hydrogen-bond donors (Lipinski definition) is 3. The maximum Gasteiger partial charge on any atom is 0.263 e. The molecule has 0 saturated carbocycles. The summed E-state index contributed by atoms with van der Waals surface area (Å²) in [6.45, 7) is 0.692. The van der Waals surface area contributed by atoms with Crippen LogP contribution in [0.4, 0.5) is 10.8 Å². The van der Waals surface area contributed by atoms with Crippen molar-refractivity contribution in [1.82, 2.24) is 10.3 Å². The minimum Gasteiger partial charge on any atom is -0.490 e. The van der Waals surface area contributed by atoms with Crippen LogP contribution in [0.1, 0.15) is 10.4 Å². The molecule has 0 saturated heterocycles. The predicted octanol–water partition coefficient (Wildman–Crippen LogP) is 3.10. The molecule has 0 atom stereocenters. The number of sulfonamides is 1. The highest BCUT2D eigenvalue weighted by atomic mass is 32.2. The van der Waals surface area contributed by atoms with E-state index in [1.54, 1.807) is 36.8 Å². The predicted molar refractivity (Wildman–Crippen MR) is 127 cm³/mol. The van der Waals surface area contributed by atoms with Gasteiger partial charge in [0, 0.05) is 24.4 Å². The Bertz CT molecular complexity index is 1170. The van der Waals surface area contributed by atoms with E-state index in [0.717, 1.165) is 0 Å². The molecule has 3 rings (SSSR count). The molecule has 168 valence electrons. The van der Waals surface area contributed by atoms with E-state index < -0.39 is 15.9 Å². The maximum absolute atomic E-state index is 12.6. The molecule has 0 spiro atoms. The molecule has 3 aromatic rings. The van der Waals surface area contributed by atoms with E-state index in [2.05, 4.69) is 20.3 Å². The van der Waals surface area contributed by atoms with Crippen LogP contribution >= 0.6 is 23.6 Å². The van der Waals surface area contributed by atoms with Crippen molar-refractivity contribution in [3.8, 4) is 5.75 Å². The molecular formula is C20H20N4O5S3. The first-order chi connectivity index (χ1) is 15.4. The van der Waals surface area contributed by atoms with Gasteiger partial charge in [-0.25, -0.2) is 13.4 Å². The molecule has 3 N–H and O–H groups in total. The summed E-state index contributed by atoms with van der Waals surface area (Å²) in [5.74, 6) is -0.0329. The molecule has 12 heteroatoms. The van der Waals surface area contributed by atoms with Gasteiger partial charge in [-0.05, 0) is 48.6 Å². The number of benzene rings is 2. The summed E-state index contributed by atoms with van der Waals surface area (Å²) >= 11 is 6.38. The second-order valence-corrected chi connectivity index (χ2v) is 9.20. The molecule has 1 amide bonds. The summed E-state index contributed by atoms with van der Waals surface area (Å²) in [6, 6.07) is 12.7. The molecule has 0 aliphatic rings. The number of nitrogens with one attached hydrogen (secondary N) is 3. The Morgan fingerprint density at radius 1 is 1.12 bits per heavy atom. The number of carbonyl (C=O) groups is 1. The van der Waals surface area contributed by atoms with Gasteiger partial charge in [0.15, 0.2) is 10.2 Å². The third kappa shape index (κ3) is 6.47. The normalized spacial score (nSPS) is 10.9. The molecule has 1 heterocycles. The summed E-state index contributed by atoms with van der Waals surface area (Å²) in [4.78, 5) is 16.6. The number of thiazole rings is 1. The molecule has 0 bridgehead atoms. The number of methoxy groups -OCH3 is 1. The lowest BCUT2D eigenvalue weighted by Crippen LogP contribution is -2.34. The average Bonchev–Trinajstić information content (AvgIpc) is 3.27. The van der Waals surface area contributed by atoms with Gasteiger partial charge in [0.05, 0.1) is 17.1 Å². The molecule has 0 unspecified atom stereocenters. The van der Waals surface area contributed by atoms with Crippen molar-refractivity contribution in [3.05, 3.63) is 65.7 Å². The highest BCUT2D eigenvalue weighted by molar-refractivity contribution is 7.93. The number of anilines is 2. The molecular weight excluding hydrogens is 472 g/mol. The maximum atomic E-state index is 12.6. The smallest absolute Gasteiger partial charge is 0.263 e. The van der Waals surface area contributed by atoms with E-state index in [1.165, 1.54) is 41.8 Å². The van der Waals surface area contributed by atoms with Gasteiger partial charge in [-0.1, -0.05) is 12.1 Å². The molecule has 0 radical (unpaired) electrons. The second-order valence-electron chi connectivity index (χ2n) is 6.21. The van der Waals surface area contributed by atoms with E-state index in [1.807, 2.05) is 0 Å². The molecule has 32 heavy (non-hydrogen) atoms. The lowest BCUT2D eigenvalue weighted by molar-refractivity contribution is 0.0970. The Hall–Kier alpha value is -3.06. The van der Waals surface area contributed by atoms with Gasteiger partial charge < -0.3 is 14.8 Å². The third-order valence-electron chi connectivity index (χ3n) is 3.98. The van der Waals surface area contributed by atoms with Gasteiger partial charge in [0.25, 0.3) is 15.9 Å². The molecule has 9 nitrogen and oxygen atoms in total. The van der Waals surface area contributed by atoms with Crippen LogP contribution in [0, 0.1) is 0 Å². The first kappa shape index (κ1) is 23.6. The highest BCUT2D eigenvalue weighted by Crippen LogP contribution is 2.20. The fourth-order valence-electron chi connectivity index (χ4n) is 2.51. The number of carbonyl (C=O) groups excluding carboxylic acids is 1. The van der Waals surface area contributed by atoms with Crippen molar-refractivity contribution in [2.45, 2.75) is 4.90 Å². The lowest BCUT2D eigenvalue weighted by Gasteiger charge is -2.13. The van der Waals surface area contributed by atoms with E-state index in [9.17, 15) is 13.2 Å². The summed E-state index contributed by atoms with van der Waals surface area (Å²) in [7, 11) is -2.19. The summed E-state index contributed by atoms with van der Waals surface area (Å²) in [5.41, 5.74) is 0.829. The van der Waals surface area contributed by atoms with Crippen LogP contribution in [0.25, 0.3) is 0 Å². The average molecular weight is 493 g/mol. The Labute approximate surface area is 194 Å². The fraction of sp³-hybridized carbons (Fsp3) is 0.150. The zero-order chi connectivity index (χ0) is 23.0. The van der Waals surface area contributed by atoms with Crippen molar-refractivity contribution < 1.29 is 22.7 Å². The SMILES string of the molecule is COCCOc1ccccc1C(=O)NC(=S)Nc1ccc(S(=O)(=O)Nc2nccs2)cc1.